The molecule has 0 radical (unpaired) electrons. The van der Waals surface area contributed by atoms with E-state index < -0.39 is 42.6 Å². The molecule has 122 valence electrons. The lowest BCUT2D eigenvalue weighted by Gasteiger charge is -2.43. The van der Waals surface area contributed by atoms with Crippen LogP contribution in [0.25, 0.3) is 0 Å². The second kappa shape index (κ2) is 8.28. The molecule has 0 N–H and O–H groups in total. The van der Waals surface area contributed by atoms with E-state index in [1.165, 1.54) is 35.2 Å². The molecule has 1 saturated heterocycles. The predicted octanol–water partition coefficient (Wildman–Crippen LogP) is -0.117. The van der Waals surface area contributed by atoms with Gasteiger partial charge in [-0.05, 0) is 0 Å². The molecule has 1 fully saturated rings. The minimum atomic E-state index is -0.842. The molecule has 8 nitrogen and oxygen atoms in total. The number of rotatable bonds is 6. The van der Waals surface area contributed by atoms with Gasteiger partial charge in [-0.2, -0.15) is 0 Å². The Balaban J connectivity index is 2.91. The number of esters is 2. The van der Waals surface area contributed by atoms with E-state index in [9.17, 15) is 9.59 Å². The first-order chi connectivity index (χ1) is 9.94. The number of hydrogen-bond donors (Lipinski definition) is 0. The average Bonchev–Trinajstić information content (AvgIpc) is 2.44. The van der Waals surface area contributed by atoms with Gasteiger partial charge in [0.2, 0.25) is 0 Å². The van der Waals surface area contributed by atoms with Gasteiger partial charge in [-0.15, -0.1) is 0 Å². The van der Waals surface area contributed by atoms with Crippen molar-refractivity contribution in [3.05, 3.63) is 0 Å². The summed E-state index contributed by atoms with van der Waals surface area (Å²) < 4.78 is 31.7. The lowest BCUT2D eigenvalue weighted by molar-refractivity contribution is -0.305. The number of carbonyl (C=O) groups excluding carboxylic acids is 2. The van der Waals surface area contributed by atoms with E-state index >= 15 is 0 Å². The van der Waals surface area contributed by atoms with Gasteiger partial charge in [0.05, 0.1) is 0 Å². The summed E-state index contributed by atoms with van der Waals surface area (Å²) in [6.45, 7) is 2.57. The Hall–Kier alpha value is -1.22. The summed E-state index contributed by atoms with van der Waals surface area (Å²) in [5, 5.41) is 0. The van der Waals surface area contributed by atoms with Gasteiger partial charge < -0.3 is 28.4 Å². The summed E-state index contributed by atoms with van der Waals surface area (Å²) in [6.07, 6.45) is -3.41. The van der Waals surface area contributed by atoms with E-state index in [4.69, 9.17) is 28.4 Å². The maximum Gasteiger partial charge on any atom is 0.303 e. The summed E-state index contributed by atoms with van der Waals surface area (Å²) in [6, 6.07) is 0. The molecule has 0 spiro atoms. The zero-order chi connectivity index (χ0) is 16.0. The second-order valence-electron chi connectivity index (χ2n) is 4.56. The molecule has 0 aromatic carbocycles. The largest absolute Gasteiger partial charge is 0.463 e. The maximum absolute atomic E-state index is 11.2. The highest BCUT2D eigenvalue weighted by molar-refractivity contribution is 5.66. The fourth-order valence-corrected chi connectivity index (χ4v) is 2.27. The minimum Gasteiger partial charge on any atom is -0.463 e. The van der Waals surface area contributed by atoms with Crippen LogP contribution in [0.1, 0.15) is 13.8 Å². The molecule has 1 heterocycles. The molecular weight excluding hydrogens is 284 g/mol. The highest BCUT2D eigenvalue weighted by Crippen LogP contribution is 2.28. The summed E-state index contributed by atoms with van der Waals surface area (Å²) in [5.41, 5.74) is 0. The standard InChI is InChI=1S/C13H22O8/c1-7(14)19-6-9-10(16-3)11(17-4)12(20-8(2)15)13(18-5)21-9/h9-13H,6H2,1-5H3. The first-order valence-corrected chi connectivity index (χ1v) is 6.49. The molecule has 0 amide bonds. The van der Waals surface area contributed by atoms with Crippen LogP contribution in [0.3, 0.4) is 0 Å². The Morgan fingerprint density at radius 1 is 0.905 bits per heavy atom. The van der Waals surface area contributed by atoms with Crippen LogP contribution in [-0.2, 0) is 38.0 Å². The summed E-state index contributed by atoms with van der Waals surface area (Å²) in [5.74, 6) is -0.917. The zero-order valence-electron chi connectivity index (χ0n) is 12.9. The van der Waals surface area contributed by atoms with Crippen LogP contribution in [0.15, 0.2) is 0 Å². The van der Waals surface area contributed by atoms with Crippen molar-refractivity contribution in [2.45, 2.75) is 44.6 Å². The fraction of sp³-hybridized carbons (Fsp3) is 0.846. The van der Waals surface area contributed by atoms with Gasteiger partial charge in [0.15, 0.2) is 12.4 Å². The third-order valence-corrected chi connectivity index (χ3v) is 3.12. The zero-order valence-corrected chi connectivity index (χ0v) is 12.9. The van der Waals surface area contributed by atoms with Crippen molar-refractivity contribution < 1.29 is 38.0 Å². The molecule has 0 aromatic heterocycles. The van der Waals surface area contributed by atoms with Gasteiger partial charge in [0.25, 0.3) is 0 Å². The number of hydrogen-bond acceptors (Lipinski definition) is 8. The van der Waals surface area contributed by atoms with Gasteiger partial charge in [0, 0.05) is 35.2 Å². The van der Waals surface area contributed by atoms with Crippen molar-refractivity contribution >= 4 is 11.9 Å². The Bertz CT molecular complexity index is 358. The number of ether oxygens (including phenoxy) is 6. The lowest BCUT2D eigenvalue weighted by Crippen LogP contribution is -2.61. The van der Waals surface area contributed by atoms with E-state index in [-0.39, 0.29) is 6.61 Å². The molecule has 21 heavy (non-hydrogen) atoms. The van der Waals surface area contributed by atoms with Crippen LogP contribution in [0.5, 0.6) is 0 Å². The van der Waals surface area contributed by atoms with Gasteiger partial charge in [-0.3, -0.25) is 9.59 Å². The maximum atomic E-state index is 11.2. The molecule has 0 bridgehead atoms. The van der Waals surface area contributed by atoms with Crippen molar-refractivity contribution in [1.82, 2.24) is 0 Å². The predicted molar refractivity (Wildman–Crippen MR) is 69.5 cm³/mol. The Morgan fingerprint density at radius 2 is 1.52 bits per heavy atom. The fourth-order valence-electron chi connectivity index (χ4n) is 2.27. The summed E-state index contributed by atoms with van der Waals surface area (Å²) in [4.78, 5) is 22.2. The van der Waals surface area contributed by atoms with E-state index in [1.54, 1.807) is 0 Å². The van der Waals surface area contributed by atoms with E-state index in [1.807, 2.05) is 0 Å². The minimum absolute atomic E-state index is 0.0135. The summed E-state index contributed by atoms with van der Waals surface area (Å²) in [7, 11) is 4.36. The Labute approximate surface area is 123 Å². The highest BCUT2D eigenvalue weighted by Gasteiger charge is 2.49. The van der Waals surface area contributed by atoms with E-state index in [0.29, 0.717) is 0 Å². The lowest BCUT2D eigenvalue weighted by atomic mass is 9.98. The van der Waals surface area contributed by atoms with Crippen LogP contribution in [0.4, 0.5) is 0 Å². The molecular formula is C13H22O8. The monoisotopic (exact) mass is 306 g/mol. The van der Waals surface area contributed by atoms with Crippen molar-refractivity contribution in [2.75, 3.05) is 27.9 Å². The summed E-state index contributed by atoms with van der Waals surface area (Å²) >= 11 is 0. The molecule has 0 aliphatic carbocycles. The van der Waals surface area contributed by atoms with Crippen molar-refractivity contribution in [3.8, 4) is 0 Å². The first-order valence-electron chi connectivity index (χ1n) is 6.49. The third kappa shape index (κ3) is 4.63. The smallest absolute Gasteiger partial charge is 0.303 e. The molecule has 0 aromatic rings. The van der Waals surface area contributed by atoms with Crippen molar-refractivity contribution in [1.29, 1.82) is 0 Å². The van der Waals surface area contributed by atoms with Gasteiger partial charge >= 0.3 is 11.9 Å². The van der Waals surface area contributed by atoms with Crippen LogP contribution >= 0.6 is 0 Å². The van der Waals surface area contributed by atoms with Gasteiger partial charge in [-0.25, -0.2) is 0 Å². The normalized spacial score (nSPS) is 32.5. The molecule has 5 atom stereocenters. The van der Waals surface area contributed by atoms with Crippen LogP contribution in [0.2, 0.25) is 0 Å². The average molecular weight is 306 g/mol. The van der Waals surface area contributed by atoms with Crippen LogP contribution < -0.4 is 0 Å². The topological polar surface area (TPSA) is 89.5 Å². The van der Waals surface area contributed by atoms with Crippen LogP contribution in [-0.4, -0.2) is 70.6 Å². The SMILES string of the molecule is COC1OC(COC(C)=O)C(OC)C(OC)C1OC(C)=O. The molecule has 1 aliphatic heterocycles. The molecule has 5 unspecified atom stereocenters. The molecule has 1 rings (SSSR count). The van der Waals surface area contributed by atoms with E-state index in [2.05, 4.69) is 0 Å². The second-order valence-corrected chi connectivity index (χ2v) is 4.56. The molecule has 1 aliphatic rings. The van der Waals surface area contributed by atoms with Crippen molar-refractivity contribution in [3.63, 3.8) is 0 Å². The molecule has 0 saturated carbocycles. The van der Waals surface area contributed by atoms with Crippen molar-refractivity contribution in [2.24, 2.45) is 0 Å². The Morgan fingerprint density at radius 3 is 1.95 bits per heavy atom. The first kappa shape index (κ1) is 17.8. The number of methoxy groups -OCH3 is 3. The van der Waals surface area contributed by atoms with E-state index in [0.717, 1.165) is 0 Å². The van der Waals surface area contributed by atoms with Gasteiger partial charge in [0.1, 0.15) is 24.9 Å². The van der Waals surface area contributed by atoms with Crippen LogP contribution in [0, 0.1) is 0 Å². The quantitative estimate of drug-likeness (QED) is 0.628. The van der Waals surface area contributed by atoms with Gasteiger partial charge in [-0.1, -0.05) is 0 Å². The Kier molecular flexibility index (Phi) is 7.03. The number of carbonyl (C=O) groups is 2. The molecule has 8 heteroatoms. The third-order valence-electron chi connectivity index (χ3n) is 3.12. The highest BCUT2D eigenvalue weighted by atomic mass is 16.7.